The molecule has 0 aliphatic carbocycles. The predicted molar refractivity (Wildman–Crippen MR) is 175 cm³/mol. The molecule has 0 aromatic carbocycles. The van der Waals surface area contributed by atoms with Gasteiger partial charge in [0.15, 0.2) is 16.1 Å². The zero-order valence-electron chi connectivity index (χ0n) is 24.4. The van der Waals surface area contributed by atoms with Gasteiger partial charge in [-0.2, -0.15) is 0 Å². The van der Waals surface area contributed by atoms with Crippen LogP contribution in [0.5, 0.6) is 0 Å². The van der Waals surface area contributed by atoms with E-state index in [4.69, 9.17) is 11.6 Å². The summed E-state index contributed by atoms with van der Waals surface area (Å²) in [5, 5.41) is 8.48. The average Bonchev–Trinajstić information content (AvgIpc) is 3.63. The molecule has 2 N–H and O–H groups in total. The molecule has 39 heavy (non-hydrogen) atoms. The number of allylic oxidation sites excluding steroid dienone is 4. The first-order chi connectivity index (χ1) is 18.9. The normalized spacial score (nSPS) is 14.7. The first-order valence-corrected chi connectivity index (χ1v) is 15.9. The van der Waals surface area contributed by atoms with Crippen LogP contribution in [0.2, 0.25) is 0 Å². The van der Waals surface area contributed by atoms with Crippen LogP contribution in [0.3, 0.4) is 0 Å². The summed E-state index contributed by atoms with van der Waals surface area (Å²) in [5.74, 6) is 1.55. The molecule has 2 aromatic rings. The number of hydrogen-bond acceptors (Lipinski definition) is 8. The number of nitrogens with zero attached hydrogens (tertiary/aromatic N) is 5. The van der Waals surface area contributed by atoms with Crippen LogP contribution in [-0.4, -0.2) is 56.3 Å². The zero-order valence-corrected chi connectivity index (χ0v) is 26.8. The van der Waals surface area contributed by atoms with E-state index in [0.717, 1.165) is 65.7 Å². The maximum Gasteiger partial charge on any atom is 0.188 e. The largest absolute Gasteiger partial charge is 0.339 e. The van der Waals surface area contributed by atoms with E-state index in [1.807, 2.05) is 52.2 Å². The average molecular weight is 592 g/mol. The van der Waals surface area contributed by atoms with Crippen molar-refractivity contribution >= 4 is 50.8 Å². The predicted octanol–water partition coefficient (Wildman–Crippen LogP) is 7.82. The van der Waals surface area contributed by atoms with Gasteiger partial charge in [0, 0.05) is 47.9 Å². The lowest BCUT2D eigenvalue weighted by atomic mass is 10.3. The lowest BCUT2D eigenvalue weighted by Gasteiger charge is -2.13. The van der Waals surface area contributed by atoms with Gasteiger partial charge >= 0.3 is 0 Å². The molecule has 7 nitrogen and oxygen atoms in total. The second-order valence-electron chi connectivity index (χ2n) is 8.49. The summed E-state index contributed by atoms with van der Waals surface area (Å²) >= 11 is 8.82. The van der Waals surface area contributed by atoms with Gasteiger partial charge in [-0.15, -0.1) is 29.5 Å². The summed E-state index contributed by atoms with van der Waals surface area (Å²) in [6.45, 7) is 17.0. The number of rotatable bonds is 11. The number of halogens is 1. The summed E-state index contributed by atoms with van der Waals surface area (Å²) in [4.78, 5) is 21.3. The van der Waals surface area contributed by atoms with Gasteiger partial charge in [0.2, 0.25) is 0 Å². The number of thiazole rings is 1. The van der Waals surface area contributed by atoms with Gasteiger partial charge in [0.1, 0.15) is 0 Å². The highest BCUT2D eigenvalue weighted by atomic mass is 35.5. The van der Waals surface area contributed by atoms with Crippen molar-refractivity contribution in [3.8, 4) is 0 Å². The first-order valence-electron chi connectivity index (χ1n) is 13.6. The third-order valence-corrected chi connectivity index (χ3v) is 7.21. The minimum Gasteiger partial charge on any atom is -0.339 e. The van der Waals surface area contributed by atoms with E-state index in [0.29, 0.717) is 0 Å². The third-order valence-electron chi connectivity index (χ3n) is 5.17. The topological polar surface area (TPSA) is 78.3 Å². The Morgan fingerprint density at radius 2 is 1.97 bits per heavy atom. The van der Waals surface area contributed by atoms with Crippen molar-refractivity contribution in [3.63, 3.8) is 0 Å². The number of alkyl halides is 1. The Bertz CT molecular complexity index is 1010. The minimum atomic E-state index is 0.194. The fraction of sp³-hybridized carbons (Fsp3) is 0.517. The molecule has 10 heteroatoms. The van der Waals surface area contributed by atoms with Crippen LogP contribution in [0.15, 0.2) is 60.2 Å². The molecular weight excluding hydrogens is 546 g/mol. The van der Waals surface area contributed by atoms with Gasteiger partial charge < -0.3 is 10.6 Å². The maximum absolute atomic E-state index is 5.57. The quantitative estimate of drug-likeness (QED) is 0.119. The van der Waals surface area contributed by atoms with Crippen LogP contribution >= 0.6 is 34.7 Å². The Kier molecular flexibility index (Phi) is 19.3. The molecule has 0 spiro atoms. The SMILES string of the molecule is C=CCSC(=NC)N/C(C)=C\Cc1cnc(Nc2cnc(CN3CCCC3)cn2)s1.CC.CC/C=C\C(C)Cl. The number of thioether (sulfide) groups is 1. The molecule has 216 valence electrons. The Morgan fingerprint density at radius 1 is 1.23 bits per heavy atom. The van der Waals surface area contributed by atoms with Crippen molar-refractivity contribution in [2.24, 2.45) is 4.99 Å². The molecule has 1 unspecified atom stereocenters. The summed E-state index contributed by atoms with van der Waals surface area (Å²) in [6.07, 6.45) is 18.1. The minimum absolute atomic E-state index is 0.194. The summed E-state index contributed by atoms with van der Waals surface area (Å²) in [6, 6.07) is 0. The monoisotopic (exact) mass is 591 g/mol. The maximum atomic E-state index is 5.57. The van der Waals surface area contributed by atoms with Crippen molar-refractivity contribution in [1.82, 2.24) is 25.2 Å². The van der Waals surface area contributed by atoms with E-state index >= 15 is 0 Å². The lowest BCUT2D eigenvalue weighted by Crippen LogP contribution is -2.19. The van der Waals surface area contributed by atoms with Gasteiger partial charge in [-0.1, -0.05) is 56.8 Å². The van der Waals surface area contributed by atoms with E-state index in [9.17, 15) is 0 Å². The lowest BCUT2D eigenvalue weighted by molar-refractivity contribution is 0.327. The number of aliphatic imine (C=N–C) groups is 1. The number of hydrogen-bond donors (Lipinski definition) is 2. The molecule has 1 fully saturated rings. The molecule has 1 aliphatic rings. The second kappa shape index (κ2) is 21.6. The fourth-order valence-corrected chi connectivity index (χ4v) is 4.85. The Hall–Kier alpha value is -2.20. The number of anilines is 2. The number of amidine groups is 1. The molecule has 2 aromatic heterocycles. The van der Waals surface area contributed by atoms with Crippen molar-refractivity contribution in [1.29, 1.82) is 0 Å². The number of likely N-dealkylation sites (tertiary alicyclic amines) is 1. The highest BCUT2D eigenvalue weighted by molar-refractivity contribution is 8.13. The Labute approximate surface area is 249 Å². The first kappa shape index (κ1) is 34.8. The van der Waals surface area contributed by atoms with Crippen molar-refractivity contribution in [2.75, 3.05) is 31.2 Å². The van der Waals surface area contributed by atoms with Crippen molar-refractivity contribution < 1.29 is 0 Å². The molecule has 0 amide bonds. The molecule has 1 aliphatic heterocycles. The highest BCUT2D eigenvalue weighted by Crippen LogP contribution is 2.22. The number of aromatic nitrogens is 3. The van der Waals surface area contributed by atoms with E-state index in [1.54, 1.807) is 36.3 Å². The van der Waals surface area contributed by atoms with Crippen molar-refractivity contribution in [2.45, 2.75) is 72.2 Å². The van der Waals surface area contributed by atoms with E-state index < -0.39 is 0 Å². The molecule has 0 saturated carbocycles. The van der Waals surface area contributed by atoms with E-state index in [-0.39, 0.29) is 5.38 Å². The van der Waals surface area contributed by atoms with Gasteiger partial charge in [-0.25, -0.2) is 9.97 Å². The third kappa shape index (κ3) is 15.8. The summed E-state index contributed by atoms with van der Waals surface area (Å²) in [5.41, 5.74) is 2.08. The van der Waals surface area contributed by atoms with Gasteiger partial charge in [0.25, 0.3) is 0 Å². The zero-order chi connectivity index (χ0) is 28.9. The summed E-state index contributed by atoms with van der Waals surface area (Å²) < 4.78 is 0. The van der Waals surface area contributed by atoms with Crippen LogP contribution in [-0.2, 0) is 13.0 Å². The van der Waals surface area contributed by atoms with Crippen LogP contribution in [0, 0.1) is 0 Å². The molecule has 1 atom stereocenters. The standard InChI is InChI=1S/C21H29N7S2.C6H11Cl.C2H6/c1-4-11-29-20(22-3)26-16(2)7-8-18-13-25-21(30-18)27-19-14-23-17(12-24-19)15-28-9-5-6-10-28;1-3-4-5-6(2)7;1-2/h4,7,12-14H,1,5-6,8-11,15H2,2-3H3,(H,22,26)(H,24,25,27);4-6H,3H2,1-2H3;1-2H3/b16-7-;5-4-;. The highest BCUT2D eigenvalue weighted by Gasteiger charge is 2.12. The Balaban J connectivity index is 0.000000735. The molecule has 3 rings (SSSR count). The summed E-state index contributed by atoms with van der Waals surface area (Å²) in [7, 11) is 1.79. The van der Waals surface area contributed by atoms with Crippen LogP contribution in [0.1, 0.15) is 64.5 Å². The van der Waals surface area contributed by atoms with Crippen molar-refractivity contribution in [3.05, 3.63) is 65.7 Å². The molecule has 0 bridgehead atoms. The Morgan fingerprint density at radius 3 is 2.54 bits per heavy atom. The fourth-order valence-electron chi connectivity index (χ4n) is 3.33. The van der Waals surface area contributed by atoms with Gasteiger partial charge in [-0.05, 0) is 46.2 Å². The smallest absolute Gasteiger partial charge is 0.188 e. The van der Waals surface area contributed by atoms with Crippen LogP contribution in [0.4, 0.5) is 10.9 Å². The van der Waals surface area contributed by atoms with Crippen LogP contribution in [0.25, 0.3) is 0 Å². The molecular formula is C29H46ClN7S2. The van der Waals surface area contributed by atoms with E-state index in [2.05, 4.69) is 61.1 Å². The van der Waals surface area contributed by atoms with Crippen LogP contribution < -0.4 is 10.6 Å². The molecule has 0 radical (unpaired) electrons. The second-order valence-corrected chi connectivity index (χ2v) is 11.3. The van der Waals surface area contributed by atoms with E-state index in [1.165, 1.54) is 17.7 Å². The molecule has 3 heterocycles. The molecule has 1 saturated heterocycles. The van der Waals surface area contributed by atoms with Gasteiger partial charge in [0.05, 0.1) is 18.1 Å². The van der Waals surface area contributed by atoms with Gasteiger partial charge in [-0.3, -0.25) is 14.9 Å². The number of nitrogens with one attached hydrogen (secondary N) is 2.